The highest BCUT2D eigenvalue weighted by atomic mass is 16.4. The number of carbonyl (C=O) groups excluding carboxylic acids is 1. The molecule has 0 aromatic heterocycles. The van der Waals surface area contributed by atoms with Gasteiger partial charge in [-0.15, -0.1) is 0 Å². The zero-order valence-electron chi connectivity index (χ0n) is 12.8. The van der Waals surface area contributed by atoms with Crippen LogP contribution in [0.15, 0.2) is 12.1 Å². The molecular formula is C17H21NO4. The van der Waals surface area contributed by atoms with Gasteiger partial charge in [0.05, 0.1) is 17.5 Å². The van der Waals surface area contributed by atoms with E-state index in [0.717, 1.165) is 36.8 Å². The van der Waals surface area contributed by atoms with Gasteiger partial charge < -0.3 is 15.5 Å². The van der Waals surface area contributed by atoms with Crippen molar-refractivity contribution in [3.63, 3.8) is 0 Å². The Bertz CT molecular complexity index is 650. The standard InChI is InChI=1S/C17H21NO4/c1-17(2)13(14(17)16(21)22)15(20)18-11-7-9-5-3-4-6-10(9)8-12(11)19/h7-8,13-14,19H,3-6H2,1-2H3,(H,18,20)(H,21,22). The van der Waals surface area contributed by atoms with E-state index >= 15 is 0 Å². The average Bonchev–Trinajstić information content (AvgIpc) is 3.03. The molecule has 0 spiro atoms. The molecule has 1 aromatic carbocycles. The number of carboxylic acids is 1. The molecule has 3 N–H and O–H groups in total. The summed E-state index contributed by atoms with van der Waals surface area (Å²) in [6.07, 6.45) is 4.13. The highest BCUT2D eigenvalue weighted by Gasteiger charge is 2.65. The van der Waals surface area contributed by atoms with Crippen LogP contribution in [-0.4, -0.2) is 22.1 Å². The summed E-state index contributed by atoms with van der Waals surface area (Å²) in [6, 6.07) is 3.55. The van der Waals surface area contributed by atoms with Gasteiger partial charge in [-0.05, 0) is 54.4 Å². The van der Waals surface area contributed by atoms with Crippen LogP contribution in [0.1, 0.15) is 37.8 Å². The lowest BCUT2D eigenvalue weighted by atomic mass is 9.91. The molecule has 1 saturated carbocycles. The molecule has 0 saturated heterocycles. The number of phenolic OH excluding ortho intramolecular Hbond substituents is 1. The van der Waals surface area contributed by atoms with Crippen LogP contribution in [0.3, 0.4) is 0 Å². The smallest absolute Gasteiger partial charge is 0.307 e. The van der Waals surface area contributed by atoms with Gasteiger partial charge in [-0.1, -0.05) is 13.8 Å². The molecule has 0 radical (unpaired) electrons. The minimum absolute atomic E-state index is 0.0549. The molecule has 1 amide bonds. The molecule has 2 atom stereocenters. The number of nitrogens with one attached hydrogen (secondary N) is 1. The van der Waals surface area contributed by atoms with Crippen LogP contribution in [0, 0.1) is 17.3 Å². The third-order valence-corrected chi connectivity index (χ3v) is 5.09. The van der Waals surface area contributed by atoms with Crippen molar-refractivity contribution in [1.29, 1.82) is 0 Å². The van der Waals surface area contributed by atoms with E-state index < -0.39 is 23.2 Å². The van der Waals surface area contributed by atoms with E-state index in [9.17, 15) is 14.7 Å². The van der Waals surface area contributed by atoms with Crippen LogP contribution in [0.4, 0.5) is 5.69 Å². The second-order valence-corrected chi connectivity index (χ2v) is 6.95. The summed E-state index contributed by atoms with van der Waals surface area (Å²) in [5.41, 5.74) is 2.14. The second-order valence-electron chi connectivity index (χ2n) is 6.95. The number of carbonyl (C=O) groups is 2. The number of hydrogen-bond donors (Lipinski definition) is 3. The molecule has 5 nitrogen and oxygen atoms in total. The predicted molar refractivity (Wildman–Crippen MR) is 81.8 cm³/mol. The first-order chi connectivity index (χ1) is 10.3. The predicted octanol–water partition coefficient (Wildman–Crippen LogP) is 2.57. The van der Waals surface area contributed by atoms with Crippen molar-refractivity contribution in [2.75, 3.05) is 5.32 Å². The number of aliphatic carboxylic acids is 1. The number of aryl methyl sites for hydroxylation is 2. The van der Waals surface area contributed by atoms with Gasteiger partial charge in [-0.2, -0.15) is 0 Å². The van der Waals surface area contributed by atoms with E-state index in [2.05, 4.69) is 5.32 Å². The fraction of sp³-hybridized carbons (Fsp3) is 0.529. The molecule has 5 heteroatoms. The van der Waals surface area contributed by atoms with Gasteiger partial charge in [0.1, 0.15) is 5.75 Å². The zero-order chi connectivity index (χ0) is 16.1. The molecule has 2 aliphatic carbocycles. The van der Waals surface area contributed by atoms with Crippen LogP contribution in [-0.2, 0) is 22.4 Å². The van der Waals surface area contributed by atoms with Gasteiger partial charge >= 0.3 is 5.97 Å². The molecule has 0 heterocycles. The largest absolute Gasteiger partial charge is 0.506 e. The van der Waals surface area contributed by atoms with Gasteiger partial charge in [0.15, 0.2) is 0 Å². The lowest BCUT2D eigenvalue weighted by Crippen LogP contribution is -2.18. The maximum atomic E-state index is 12.3. The van der Waals surface area contributed by atoms with Gasteiger partial charge in [0.25, 0.3) is 0 Å². The van der Waals surface area contributed by atoms with Crippen LogP contribution in [0.2, 0.25) is 0 Å². The quantitative estimate of drug-likeness (QED) is 0.749. The molecule has 0 bridgehead atoms. The Balaban J connectivity index is 1.79. The van der Waals surface area contributed by atoms with Gasteiger partial charge in [0.2, 0.25) is 5.91 Å². The van der Waals surface area contributed by atoms with Crippen molar-refractivity contribution >= 4 is 17.6 Å². The minimum atomic E-state index is -0.945. The Hall–Kier alpha value is -2.04. The van der Waals surface area contributed by atoms with Crippen molar-refractivity contribution < 1.29 is 19.8 Å². The number of aromatic hydroxyl groups is 1. The molecular weight excluding hydrogens is 282 g/mol. The normalized spacial score (nSPS) is 25.2. The van der Waals surface area contributed by atoms with Crippen LogP contribution in [0.5, 0.6) is 5.75 Å². The monoisotopic (exact) mass is 303 g/mol. The summed E-state index contributed by atoms with van der Waals surface area (Å²) in [4.78, 5) is 23.5. The average molecular weight is 303 g/mol. The van der Waals surface area contributed by atoms with Crippen LogP contribution >= 0.6 is 0 Å². The lowest BCUT2D eigenvalue weighted by molar-refractivity contribution is -0.140. The van der Waals surface area contributed by atoms with Crippen molar-refractivity contribution in [3.8, 4) is 5.75 Å². The number of benzene rings is 1. The molecule has 2 aliphatic rings. The minimum Gasteiger partial charge on any atom is -0.506 e. The SMILES string of the molecule is CC1(C)C(C(=O)O)C1C(=O)Nc1cc2c(cc1O)CCCC2. The lowest BCUT2D eigenvalue weighted by Gasteiger charge is -2.18. The van der Waals surface area contributed by atoms with E-state index in [1.54, 1.807) is 19.9 Å². The Kier molecular flexibility index (Phi) is 3.38. The van der Waals surface area contributed by atoms with Crippen molar-refractivity contribution in [2.45, 2.75) is 39.5 Å². The molecule has 0 aliphatic heterocycles. The van der Waals surface area contributed by atoms with Crippen LogP contribution < -0.4 is 5.32 Å². The maximum absolute atomic E-state index is 12.3. The highest BCUT2D eigenvalue weighted by molar-refractivity contribution is 6.00. The Morgan fingerprint density at radius 1 is 1.14 bits per heavy atom. The number of carboxylic acid groups (broad SMARTS) is 1. The first-order valence-electron chi connectivity index (χ1n) is 7.71. The third-order valence-electron chi connectivity index (χ3n) is 5.09. The fourth-order valence-electron chi connectivity index (χ4n) is 3.67. The van der Waals surface area contributed by atoms with Crippen molar-refractivity contribution in [2.24, 2.45) is 17.3 Å². The highest BCUT2D eigenvalue weighted by Crippen LogP contribution is 2.58. The maximum Gasteiger partial charge on any atom is 0.307 e. The van der Waals surface area contributed by atoms with E-state index in [0.29, 0.717) is 5.69 Å². The molecule has 3 rings (SSSR count). The fourth-order valence-corrected chi connectivity index (χ4v) is 3.67. The summed E-state index contributed by atoms with van der Waals surface area (Å²) in [5, 5.41) is 22.0. The zero-order valence-corrected chi connectivity index (χ0v) is 12.8. The summed E-state index contributed by atoms with van der Waals surface area (Å²) in [5.74, 6) is -2.43. The summed E-state index contributed by atoms with van der Waals surface area (Å²) < 4.78 is 0. The molecule has 22 heavy (non-hydrogen) atoms. The molecule has 1 fully saturated rings. The molecule has 1 aromatic rings. The first-order valence-corrected chi connectivity index (χ1v) is 7.71. The van der Waals surface area contributed by atoms with Gasteiger partial charge in [0, 0.05) is 0 Å². The summed E-state index contributed by atoms with van der Waals surface area (Å²) in [6.45, 7) is 3.56. The summed E-state index contributed by atoms with van der Waals surface area (Å²) in [7, 11) is 0. The Morgan fingerprint density at radius 2 is 1.73 bits per heavy atom. The summed E-state index contributed by atoms with van der Waals surface area (Å²) >= 11 is 0. The van der Waals surface area contributed by atoms with E-state index in [-0.39, 0.29) is 11.7 Å². The van der Waals surface area contributed by atoms with E-state index in [1.165, 1.54) is 0 Å². The van der Waals surface area contributed by atoms with Gasteiger partial charge in [-0.25, -0.2) is 0 Å². The number of fused-ring (bicyclic) bond motifs is 1. The number of rotatable bonds is 3. The Labute approximate surface area is 129 Å². The van der Waals surface area contributed by atoms with Crippen molar-refractivity contribution in [1.82, 2.24) is 0 Å². The molecule has 2 unspecified atom stereocenters. The van der Waals surface area contributed by atoms with Gasteiger partial charge in [-0.3, -0.25) is 9.59 Å². The number of anilines is 1. The third kappa shape index (κ3) is 2.34. The van der Waals surface area contributed by atoms with Crippen LogP contribution in [0.25, 0.3) is 0 Å². The van der Waals surface area contributed by atoms with E-state index in [1.807, 2.05) is 6.07 Å². The first kappa shape index (κ1) is 14.9. The Morgan fingerprint density at radius 3 is 2.27 bits per heavy atom. The number of hydrogen-bond acceptors (Lipinski definition) is 3. The van der Waals surface area contributed by atoms with E-state index in [4.69, 9.17) is 5.11 Å². The second kappa shape index (κ2) is 5.00. The molecule has 118 valence electrons. The topological polar surface area (TPSA) is 86.6 Å². The number of amides is 1. The van der Waals surface area contributed by atoms with Crippen molar-refractivity contribution in [3.05, 3.63) is 23.3 Å². The number of phenols is 1.